The summed E-state index contributed by atoms with van der Waals surface area (Å²) in [5.41, 5.74) is 1.47. The normalized spacial score (nSPS) is 10.4. The molecule has 0 unspecified atom stereocenters. The number of hydrogen-bond acceptors (Lipinski definition) is 3. The van der Waals surface area contributed by atoms with E-state index in [0.29, 0.717) is 5.69 Å². The molecular formula is C11H11NO2. The Hall–Kier alpha value is -1.61. The molecule has 2 aromatic rings. The molecule has 0 aliphatic heterocycles. The number of aromatic nitrogens is 1. The standard InChI is InChI=1S/C11H11NO2/c1-14-11-6-8(7-13)12-10-5-3-2-4-9(10)11/h2-6,13H,7H2,1H3. The first kappa shape index (κ1) is 8.97. The van der Waals surface area contributed by atoms with Crippen molar-refractivity contribution in [2.24, 2.45) is 0 Å². The second-order valence-electron chi connectivity index (χ2n) is 2.99. The minimum absolute atomic E-state index is 0.0683. The summed E-state index contributed by atoms with van der Waals surface area (Å²) < 4.78 is 5.22. The first-order valence-corrected chi connectivity index (χ1v) is 4.38. The van der Waals surface area contributed by atoms with Gasteiger partial charge >= 0.3 is 0 Å². The third kappa shape index (κ3) is 1.42. The number of methoxy groups -OCH3 is 1. The van der Waals surface area contributed by atoms with Crippen LogP contribution in [0.2, 0.25) is 0 Å². The Bertz CT molecular complexity index is 454. The predicted octanol–water partition coefficient (Wildman–Crippen LogP) is 1.74. The van der Waals surface area contributed by atoms with Crippen molar-refractivity contribution in [2.45, 2.75) is 6.61 Å². The van der Waals surface area contributed by atoms with E-state index in [2.05, 4.69) is 4.98 Å². The summed E-state index contributed by atoms with van der Waals surface area (Å²) in [6.07, 6.45) is 0. The summed E-state index contributed by atoms with van der Waals surface area (Å²) in [5.74, 6) is 0.750. The minimum atomic E-state index is -0.0683. The largest absolute Gasteiger partial charge is 0.496 e. The third-order valence-electron chi connectivity index (χ3n) is 2.11. The first-order valence-electron chi connectivity index (χ1n) is 4.38. The summed E-state index contributed by atoms with van der Waals surface area (Å²) >= 11 is 0. The lowest BCUT2D eigenvalue weighted by Gasteiger charge is -2.06. The van der Waals surface area contributed by atoms with Gasteiger partial charge in [-0.2, -0.15) is 0 Å². The van der Waals surface area contributed by atoms with Crippen LogP contribution in [0.5, 0.6) is 5.75 Å². The van der Waals surface area contributed by atoms with Gasteiger partial charge in [-0.25, -0.2) is 0 Å². The van der Waals surface area contributed by atoms with E-state index in [9.17, 15) is 0 Å². The molecule has 0 aliphatic rings. The summed E-state index contributed by atoms with van der Waals surface area (Å²) in [5, 5.41) is 9.96. The highest BCUT2D eigenvalue weighted by molar-refractivity contribution is 5.85. The van der Waals surface area contributed by atoms with E-state index in [4.69, 9.17) is 9.84 Å². The van der Waals surface area contributed by atoms with Crippen LogP contribution in [0.1, 0.15) is 5.69 Å². The van der Waals surface area contributed by atoms with Crippen LogP contribution in [0.15, 0.2) is 30.3 Å². The van der Waals surface area contributed by atoms with Gasteiger partial charge in [0.25, 0.3) is 0 Å². The maximum atomic E-state index is 9.00. The fraction of sp³-hybridized carbons (Fsp3) is 0.182. The van der Waals surface area contributed by atoms with Crippen molar-refractivity contribution in [3.63, 3.8) is 0 Å². The molecule has 0 bridgehead atoms. The second kappa shape index (κ2) is 3.64. The number of fused-ring (bicyclic) bond motifs is 1. The molecule has 0 spiro atoms. The van der Waals surface area contributed by atoms with Crippen LogP contribution >= 0.6 is 0 Å². The van der Waals surface area contributed by atoms with Crippen molar-refractivity contribution in [1.82, 2.24) is 4.98 Å². The lowest BCUT2D eigenvalue weighted by Crippen LogP contribution is -1.93. The lowest BCUT2D eigenvalue weighted by molar-refractivity contribution is 0.276. The zero-order valence-corrected chi connectivity index (χ0v) is 7.90. The molecular weight excluding hydrogens is 178 g/mol. The number of aliphatic hydroxyl groups excluding tert-OH is 1. The summed E-state index contributed by atoms with van der Waals surface area (Å²) in [6, 6.07) is 9.45. The molecule has 2 rings (SSSR count). The molecule has 72 valence electrons. The monoisotopic (exact) mass is 189 g/mol. The van der Waals surface area contributed by atoms with Crippen LogP contribution < -0.4 is 4.74 Å². The Balaban J connectivity index is 2.73. The van der Waals surface area contributed by atoms with E-state index in [1.807, 2.05) is 24.3 Å². The number of benzene rings is 1. The SMILES string of the molecule is COc1cc(CO)nc2ccccc12. The van der Waals surface area contributed by atoms with E-state index in [1.165, 1.54) is 0 Å². The van der Waals surface area contributed by atoms with E-state index >= 15 is 0 Å². The predicted molar refractivity (Wildman–Crippen MR) is 54.2 cm³/mol. The lowest BCUT2D eigenvalue weighted by atomic mass is 10.2. The Kier molecular flexibility index (Phi) is 2.33. The number of nitrogens with zero attached hydrogens (tertiary/aromatic N) is 1. The molecule has 0 aliphatic carbocycles. The molecule has 3 heteroatoms. The number of aliphatic hydroxyl groups is 1. The zero-order valence-electron chi connectivity index (χ0n) is 7.90. The van der Waals surface area contributed by atoms with Crippen LogP contribution in [0.3, 0.4) is 0 Å². The van der Waals surface area contributed by atoms with Crippen molar-refractivity contribution in [1.29, 1.82) is 0 Å². The Labute approximate surface area is 82.0 Å². The number of para-hydroxylation sites is 1. The Morgan fingerprint density at radius 1 is 1.36 bits per heavy atom. The average Bonchev–Trinajstić information content (AvgIpc) is 2.27. The van der Waals surface area contributed by atoms with Gasteiger partial charge < -0.3 is 9.84 Å². The van der Waals surface area contributed by atoms with Gasteiger partial charge in [-0.1, -0.05) is 12.1 Å². The van der Waals surface area contributed by atoms with Gasteiger partial charge in [-0.3, -0.25) is 4.98 Å². The van der Waals surface area contributed by atoms with E-state index in [0.717, 1.165) is 16.7 Å². The summed E-state index contributed by atoms with van der Waals surface area (Å²) in [6.45, 7) is -0.0683. The van der Waals surface area contributed by atoms with Gasteiger partial charge in [0, 0.05) is 11.5 Å². The molecule has 1 heterocycles. The van der Waals surface area contributed by atoms with Gasteiger partial charge in [0.1, 0.15) is 5.75 Å². The summed E-state index contributed by atoms with van der Waals surface area (Å²) in [7, 11) is 1.61. The number of rotatable bonds is 2. The fourth-order valence-corrected chi connectivity index (χ4v) is 1.45. The molecule has 0 fully saturated rings. The highest BCUT2D eigenvalue weighted by atomic mass is 16.5. The number of pyridine rings is 1. The van der Waals surface area contributed by atoms with E-state index in [1.54, 1.807) is 13.2 Å². The smallest absolute Gasteiger partial charge is 0.130 e. The fourth-order valence-electron chi connectivity index (χ4n) is 1.45. The number of hydrogen-bond donors (Lipinski definition) is 1. The molecule has 1 aromatic heterocycles. The first-order chi connectivity index (χ1) is 6.85. The maximum Gasteiger partial charge on any atom is 0.130 e. The average molecular weight is 189 g/mol. The van der Waals surface area contributed by atoms with Crippen molar-refractivity contribution < 1.29 is 9.84 Å². The molecule has 1 N–H and O–H groups in total. The van der Waals surface area contributed by atoms with Crippen molar-refractivity contribution >= 4 is 10.9 Å². The third-order valence-corrected chi connectivity index (χ3v) is 2.11. The van der Waals surface area contributed by atoms with Gasteiger partial charge in [-0.15, -0.1) is 0 Å². The van der Waals surface area contributed by atoms with E-state index < -0.39 is 0 Å². The second-order valence-corrected chi connectivity index (χ2v) is 2.99. The van der Waals surface area contributed by atoms with Crippen molar-refractivity contribution in [3.8, 4) is 5.75 Å². The highest BCUT2D eigenvalue weighted by Gasteiger charge is 2.04. The minimum Gasteiger partial charge on any atom is -0.496 e. The quantitative estimate of drug-likeness (QED) is 0.782. The molecule has 14 heavy (non-hydrogen) atoms. The molecule has 0 radical (unpaired) electrons. The Morgan fingerprint density at radius 3 is 2.86 bits per heavy atom. The van der Waals surface area contributed by atoms with Crippen LogP contribution in [-0.4, -0.2) is 17.2 Å². The number of ether oxygens (including phenoxy) is 1. The van der Waals surface area contributed by atoms with Crippen molar-refractivity contribution in [3.05, 3.63) is 36.0 Å². The zero-order chi connectivity index (χ0) is 9.97. The van der Waals surface area contributed by atoms with Crippen LogP contribution in [0.25, 0.3) is 10.9 Å². The highest BCUT2D eigenvalue weighted by Crippen LogP contribution is 2.24. The molecule has 0 saturated heterocycles. The molecule has 0 saturated carbocycles. The van der Waals surface area contributed by atoms with Gasteiger partial charge in [0.05, 0.1) is 24.9 Å². The van der Waals surface area contributed by atoms with Crippen LogP contribution in [0.4, 0.5) is 0 Å². The maximum absolute atomic E-state index is 9.00. The van der Waals surface area contributed by atoms with Gasteiger partial charge in [0.2, 0.25) is 0 Å². The molecule has 3 nitrogen and oxygen atoms in total. The van der Waals surface area contributed by atoms with Crippen molar-refractivity contribution in [2.75, 3.05) is 7.11 Å². The van der Waals surface area contributed by atoms with Gasteiger partial charge in [-0.05, 0) is 12.1 Å². The topological polar surface area (TPSA) is 42.4 Å². The van der Waals surface area contributed by atoms with Gasteiger partial charge in [0.15, 0.2) is 0 Å². The Morgan fingerprint density at radius 2 is 2.14 bits per heavy atom. The van der Waals surface area contributed by atoms with Crippen LogP contribution in [0, 0.1) is 0 Å². The molecule has 0 atom stereocenters. The summed E-state index contributed by atoms with van der Waals surface area (Å²) in [4.78, 5) is 4.27. The molecule has 1 aromatic carbocycles. The van der Waals surface area contributed by atoms with Crippen LogP contribution in [-0.2, 0) is 6.61 Å². The van der Waals surface area contributed by atoms with E-state index in [-0.39, 0.29) is 6.61 Å². The molecule has 0 amide bonds.